The van der Waals surface area contributed by atoms with E-state index in [2.05, 4.69) is 25.4 Å². The van der Waals surface area contributed by atoms with Gasteiger partial charge in [0.25, 0.3) is 11.8 Å². The Bertz CT molecular complexity index is 1480. The summed E-state index contributed by atoms with van der Waals surface area (Å²) in [6.07, 6.45) is 3.24. The van der Waals surface area contributed by atoms with Gasteiger partial charge in [0.1, 0.15) is 11.4 Å². The summed E-state index contributed by atoms with van der Waals surface area (Å²) in [5.41, 5.74) is 1.23. The minimum atomic E-state index is -1.46. The highest BCUT2D eigenvalue weighted by molar-refractivity contribution is 8.00. The summed E-state index contributed by atoms with van der Waals surface area (Å²) in [6.45, 7) is -0.262. The van der Waals surface area contributed by atoms with Crippen molar-refractivity contribution in [2.45, 2.75) is 18.0 Å². The van der Waals surface area contributed by atoms with Crippen molar-refractivity contribution < 1.29 is 38.4 Å². The third-order valence-corrected chi connectivity index (χ3v) is 8.13. The number of pyridine rings is 1. The highest BCUT2D eigenvalue weighted by atomic mass is 32.2. The summed E-state index contributed by atoms with van der Waals surface area (Å²) in [7, 11) is 1.18. The van der Waals surface area contributed by atoms with Crippen LogP contribution in [0.15, 0.2) is 58.5 Å². The summed E-state index contributed by atoms with van der Waals surface area (Å²) < 4.78 is 7.45. The van der Waals surface area contributed by atoms with Gasteiger partial charge < -0.3 is 24.8 Å². The molecule has 2 aliphatic heterocycles. The van der Waals surface area contributed by atoms with Gasteiger partial charge in [-0.15, -0.1) is 23.1 Å². The van der Waals surface area contributed by atoms with Gasteiger partial charge in [-0.2, -0.15) is 9.67 Å². The first-order valence-electron chi connectivity index (χ1n) is 11.2. The lowest BCUT2D eigenvalue weighted by molar-refractivity contribution is -0.663. The van der Waals surface area contributed by atoms with Gasteiger partial charge >= 0.3 is 5.97 Å². The van der Waals surface area contributed by atoms with Crippen molar-refractivity contribution in [2.24, 2.45) is 5.16 Å². The van der Waals surface area contributed by atoms with E-state index in [4.69, 9.17) is 4.84 Å². The van der Waals surface area contributed by atoms with E-state index in [0.717, 1.165) is 15.1 Å². The molecule has 0 saturated carbocycles. The molecule has 0 radical (unpaired) electrons. The Labute approximate surface area is 223 Å². The minimum Gasteiger partial charge on any atom is -0.543 e. The van der Waals surface area contributed by atoms with Crippen LogP contribution in [0.25, 0.3) is 10.2 Å². The fourth-order valence-corrected chi connectivity index (χ4v) is 6.29. The average Bonchev–Trinajstić information content (AvgIpc) is 3.62. The molecule has 38 heavy (non-hydrogen) atoms. The number of amides is 2. The van der Waals surface area contributed by atoms with Crippen molar-refractivity contribution in [3.8, 4) is 0 Å². The normalized spacial score (nSPS) is 19.1. The topological polar surface area (TPSA) is 170 Å². The molecule has 1 unspecified atom stereocenters. The van der Waals surface area contributed by atoms with E-state index >= 15 is 0 Å². The third kappa shape index (κ3) is 4.72. The van der Waals surface area contributed by atoms with Crippen molar-refractivity contribution in [3.63, 3.8) is 0 Å². The molecule has 1 fully saturated rings. The number of aromatic nitrogens is 3. The van der Waals surface area contributed by atoms with Gasteiger partial charge in [-0.05, 0) is 17.5 Å². The monoisotopic (exact) mass is 556 g/mol. The number of thioether (sulfide) groups is 1. The number of aliphatic carboxylic acids is 1. The van der Waals surface area contributed by atoms with Gasteiger partial charge in [-0.1, -0.05) is 5.16 Å². The Morgan fingerprint density at radius 2 is 2.18 bits per heavy atom. The number of carboxylic acids is 1. The second kappa shape index (κ2) is 10.6. The maximum atomic E-state index is 13.1. The first-order valence-corrected chi connectivity index (χ1v) is 13.1. The smallest absolute Gasteiger partial charge is 0.346 e. The Balaban J connectivity index is 1.34. The molecular weight excluding hydrogens is 536 g/mol. The summed E-state index contributed by atoms with van der Waals surface area (Å²) >= 11 is 2.91. The zero-order valence-electron chi connectivity index (χ0n) is 19.8. The third-order valence-electron chi connectivity index (χ3n) is 5.92. The van der Waals surface area contributed by atoms with Crippen LogP contribution in [0.4, 0.5) is 0 Å². The number of carboxylic acid groups (broad SMARTS) is 1. The fourth-order valence-electron chi connectivity index (χ4n) is 4.15. The Kier molecular flexibility index (Phi) is 7.11. The molecule has 2 atom stereocenters. The van der Waals surface area contributed by atoms with Gasteiger partial charge in [0.2, 0.25) is 12.1 Å². The number of rotatable bonds is 9. The number of nitrogens with one attached hydrogen (secondary N) is 2. The van der Waals surface area contributed by atoms with E-state index in [9.17, 15) is 24.3 Å². The van der Waals surface area contributed by atoms with Crippen LogP contribution in [0.2, 0.25) is 0 Å². The second-order valence-corrected chi connectivity index (χ2v) is 10.2. The number of oxime groups is 1. The Hall–Kier alpha value is -4.24. The van der Waals surface area contributed by atoms with Crippen molar-refractivity contribution in [1.82, 2.24) is 20.4 Å². The molecule has 3 aromatic heterocycles. The van der Waals surface area contributed by atoms with Gasteiger partial charge in [0, 0.05) is 29.7 Å². The number of esters is 1. The Morgan fingerprint density at radius 1 is 1.34 bits per heavy atom. The molecule has 15 heteroatoms. The Morgan fingerprint density at radius 3 is 2.92 bits per heavy atom. The molecule has 5 heterocycles. The predicted octanol–water partition coefficient (Wildman–Crippen LogP) is -1.09. The number of ether oxygens (including phenoxy) is 1. The van der Waals surface area contributed by atoms with E-state index < -0.39 is 41.8 Å². The first kappa shape index (κ1) is 25.4. The molecule has 13 nitrogen and oxygen atoms in total. The lowest BCUT2D eigenvalue weighted by Crippen LogP contribution is -2.71. The molecule has 196 valence electrons. The van der Waals surface area contributed by atoms with Gasteiger partial charge in [0.15, 0.2) is 18.5 Å². The maximum Gasteiger partial charge on any atom is 0.346 e. The van der Waals surface area contributed by atoms with E-state index in [1.54, 1.807) is 11.3 Å². The minimum absolute atomic E-state index is 0.185. The molecule has 0 aromatic carbocycles. The average molecular weight is 557 g/mol. The number of fused-ring (bicyclic) bond motifs is 2. The highest BCUT2D eigenvalue weighted by Crippen LogP contribution is 2.40. The SMILES string of the molecule is COC(=O)CON=C(C(=O)NC1C(=O)N2C(C(=O)[O-])=C(C[n+]3cccc4sccc43)CS[C@@H]12)c1ccn[nH]1. The van der Waals surface area contributed by atoms with E-state index in [-0.39, 0.29) is 23.6 Å². The van der Waals surface area contributed by atoms with Gasteiger partial charge in [-0.3, -0.25) is 19.6 Å². The van der Waals surface area contributed by atoms with Crippen molar-refractivity contribution in [2.75, 3.05) is 19.5 Å². The zero-order chi connectivity index (χ0) is 26.8. The lowest BCUT2D eigenvalue weighted by Gasteiger charge is -2.50. The number of thiophene rings is 1. The number of H-pyrrole nitrogens is 1. The number of β-lactam (4-membered cyclic amide) rings is 1. The van der Waals surface area contributed by atoms with Crippen molar-refractivity contribution >= 4 is 62.8 Å². The molecule has 0 spiro atoms. The first-order chi connectivity index (χ1) is 18.4. The number of carbonyl (C=O) groups excluding carboxylic acids is 4. The molecule has 1 saturated heterocycles. The molecule has 2 N–H and O–H groups in total. The number of aromatic amines is 1. The summed E-state index contributed by atoms with van der Waals surface area (Å²) in [5.74, 6) is -3.21. The molecule has 5 rings (SSSR count). The molecule has 2 aliphatic rings. The van der Waals surface area contributed by atoms with Crippen LogP contribution >= 0.6 is 23.1 Å². The zero-order valence-corrected chi connectivity index (χ0v) is 21.4. The van der Waals surface area contributed by atoms with Crippen LogP contribution in [0, 0.1) is 0 Å². The summed E-state index contributed by atoms with van der Waals surface area (Å²) in [5, 5.41) is 26.1. The van der Waals surface area contributed by atoms with Gasteiger partial charge in [0.05, 0.1) is 29.2 Å². The largest absolute Gasteiger partial charge is 0.543 e. The van der Waals surface area contributed by atoms with E-state index in [1.807, 2.05) is 34.3 Å². The number of hydrogen-bond acceptors (Lipinski definition) is 11. The van der Waals surface area contributed by atoms with Crippen LogP contribution in [0.5, 0.6) is 0 Å². The fraction of sp³-hybridized carbons (Fsp3) is 0.261. The van der Waals surface area contributed by atoms with Crippen LogP contribution in [-0.4, -0.2) is 75.4 Å². The predicted molar refractivity (Wildman–Crippen MR) is 132 cm³/mol. The van der Waals surface area contributed by atoms with Crippen LogP contribution in [0.1, 0.15) is 5.69 Å². The molecule has 0 aliphatic carbocycles. The van der Waals surface area contributed by atoms with Gasteiger partial charge in [-0.25, -0.2) is 4.79 Å². The highest BCUT2D eigenvalue weighted by Gasteiger charge is 2.53. The lowest BCUT2D eigenvalue weighted by atomic mass is 10.0. The molecule has 0 bridgehead atoms. The van der Waals surface area contributed by atoms with E-state index in [0.29, 0.717) is 11.3 Å². The number of hydrogen-bond donors (Lipinski definition) is 2. The van der Waals surface area contributed by atoms with Crippen LogP contribution < -0.4 is 15.0 Å². The molecule has 3 aromatic rings. The number of nitrogens with zero attached hydrogens (tertiary/aromatic N) is 4. The summed E-state index contributed by atoms with van der Waals surface area (Å²) in [4.78, 5) is 55.6. The van der Waals surface area contributed by atoms with Crippen molar-refractivity contribution in [3.05, 3.63) is 59.0 Å². The van der Waals surface area contributed by atoms with Crippen molar-refractivity contribution in [1.29, 1.82) is 0 Å². The second-order valence-electron chi connectivity index (χ2n) is 8.17. The molecular formula is C23H20N6O7S2. The quantitative estimate of drug-likeness (QED) is 0.109. The number of carbonyl (C=O) groups is 4. The van der Waals surface area contributed by atoms with Crippen LogP contribution in [-0.2, 0) is 35.3 Å². The molecule has 2 amide bonds. The number of methoxy groups -OCH3 is 1. The van der Waals surface area contributed by atoms with Crippen LogP contribution in [0.3, 0.4) is 0 Å². The van der Waals surface area contributed by atoms with E-state index in [1.165, 1.54) is 31.1 Å². The standard InChI is InChI=1S/C23H20N6O7S2/c1-35-16(30)10-36-27-17(13-4-6-24-26-13)20(31)25-18-21(32)29-19(23(33)34)12(11-38-22(18)29)9-28-7-2-3-15-14(28)5-8-37-15/h2-8,18,22H,9-11H2,1H3,(H2-,24,25,26,27,31,33,34)/t18?,22-/m0/s1. The maximum absolute atomic E-state index is 13.1. The summed E-state index contributed by atoms with van der Waals surface area (Å²) in [6, 6.07) is 6.25.